The Balaban J connectivity index is 1.49. The zero-order valence-electron chi connectivity index (χ0n) is 15.7. The molecule has 1 heterocycles. The second kappa shape index (κ2) is 9.17. The highest BCUT2D eigenvalue weighted by atomic mass is 16.5. The lowest BCUT2D eigenvalue weighted by molar-refractivity contribution is -0.154. The highest BCUT2D eigenvalue weighted by Gasteiger charge is 2.28. The van der Waals surface area contributed by atoms with Crippen molar-refractivity contribution in [2.45, 2.75) is 25.8 Å². The number of amides is 1. The molecule has 0 saturated heterocycles. The number of para-hydroxylation sites is 1. The molecule has 0 aliphatic carbocycles. The van der Waals surface area contributed by atoms with E-state index in [1.165, 1.54) is 6.92 Å². The highest BCUT2D eigenvalue weighted by Crippen LogP contribution is 2.27. The molecule has 1 N–H and O–H groups in total. The van der Waals surface area contributed by atoms with Crippen molar-refractivity contribution >= 4 is 17.7 Å². The highest BCUT2D eigenvalue weighted by molar-refractivity contribution is 5.89. The van der Waals surface area contributed by atoms with E-state index in [9.17, 15) is 14.4 Å². The van der Waals surface area contributed by atoms with E-state index in [0.717, 1.165) is 16.9 Å². The molecule has 28 heavy (non-hydrogen) atoms. The van der Waals surface area contributed by atoms with E-state index in [1.54, 1.807) is 0 Å². The summed E-state index contributed by atoms with van der Waals surface area (Å²) in [5.41, 5.74) is 1.89. The molecule has 2 aromatic carbocycles. The van der Waals surface area contributed by atoms with Crippen molar-refractivity contribution in [2.24, 2.45) is 5.92 Å². The zero-order valence-corrected chi connectivity index (χ0v) is 15.7. The topological polar surface area (TPSA) is 81.7 Å². The molecule has 0 aromatic heterocycles. The van der Waals surface area contributed by atoms with Gasteiger partial charge in [-0.3, -0.25) is 14.4 Å². The predicted molar refractivity (Wildman–Crippen MR) is 103 cm³/mol. The Kier molecular flexibility index (Phi) is 6.42. The van der Waals surface area contributed by atoms with Gasteiger partial charge in [-0.25, -0.2) is 0 Å². The van der Waals surface area contributed by atoms with Gasteiger partial charge in [-0.15, -0.1) is 0 Å². The molecule has 0 bridgehead atoms. The molecular formula is C22H23NO5. The Labute approximate surface area is 163 Å². The normalized spacial score (nSPS) is 16.2. The van der Waals surface area contributed by atoms with Crippen molar-refractivity contribution in [3.8, 4) is 5.75 Å². The second-order valence-corrected chi connectivity index (χ2v) is 6.85. The molecule has 3 rings (SSSR count). The molecule has 0 saturated carbocycles. The minimum Gasteiger partial charge on any atom is -0.492 e. The first-order valence-corrected chi connectivity index (χ1v) is 9.24. The Morgan fingerprint density at radius 3 is 2.57 bits per heavy atom. The van der Waals surface area contributed by atoms with Crippen molar-refractivity contribution in [3.63, 3.8) is 0 Å². The summed E-state index contributed by atoms with van der Waals surface area (Å²) < 4.78 is 10.7. The van der Waals surface area contributed by atoms with Gasteiger partial charge < -0.3 is 14.8 Å². The standard InChI is InChI=1S/C22H23NO5/c1-15(24)19(11-16-7-3-2-4-8-16)23-21(25)14-28-22(26)18-12-17-9-5-6-10-20(17)27-13-18/h2-10,18-19H,11-14H2,1H3,(H,23,25). The molecule has 1 aliphatic heterocycles. The summed E-state index contributed by atoms with van der Waals surface area (Å²) in [5.74, 6) is -0.806. The molecule has 146 valence electrons. The number of hydrogen-bond donors (Lipinski definition) is 1. The van der Waals surface area contributed by atoms with Gasteiger partial charge in [-0.2, -0.15) is 0 Å². The summed E-state index contributed by atoms with van der Waals surface area (Å²) in [6, 6.07) is 16.3. The first-order chi connectivity index (χ1) is 13.5. The van der Waals surface area contributed by atoms with Crippen LogP contribution >= 0.6 is 0 Å². The molecule has 1 aliphatic rings. The van der Waals surface area contributed by atoms with Crippen LogP contribution < -0.4 is 10.1 Å². The number of fused-ring (bicyclic) bond motifs is 1. The Hall–Kier alpha value is -3.15. The third-order valence-electron chi connectivity index (χ3n) is 4.67. The third-order valence-corrected chi connectivity index (χ3v) is 4.67. The fourth-order valence-electron chi connectivity index (χ4n) is 3.12. The second-order valence-electron chi connectivity index (χ2n) is 6.85. The zero-order chi connectivity index (χ0) is 19.9. The maximum absolute atomic E-state index is 12.3. The van der Waals surface area contributed by atoms with Crippen molar-refractivity contribution in [2.75, 3.05) is 13.2 Å². The Morgan fingerprint density at radius 1 is 1.11 bits per heavy atom. The fraction of sp³-hybridized carbons (Fsp3) is 0.318. The largest absolute Gasteiger partial charge is 0.492 e. The van der Waals surface area contributed by atoms with Gasteiger partial charge in [-0.1, -0.05) is 48.5 Å². The van der Waals surface area contributed by atoms with Crippen LogP contribution in [0.15, 0.2) is 54.6 Å². The minimum absolute atomic E-state index is 0.152. The summed E-state index contributed by atoms with van der Waals surface area (Å²) in [7, 11) is 0. The van der Waals surface area contributed by atoms with Crippen LogP contribution in [0.3, 0.4) is 0 Å². The van der Waals surface area contributed by atoms with E-state index in [4.69, 9.17) is 9.47 Å². The van der Waals surface area contributed by atoms with Gasteiger partial charge in [0, 0.05) is 0 Å². The van der Waals surface area contributed by atoms with Crippen LogP contribution in [-0.2, 0) is 32.0 Å². The van der Waals surface area contributed by atoms with Gasteiger partial charge in [0.1, 0.15) is 12.4 Å². The molecule has 0 radical (unpaired) electrons. The molecule has 2 atom stereocenters. The van der Waals surface area contributed by atoms with E-state index < -0.39 is 30.4 Å². The number of rotatable bonds is 7. The number of Topliss-reactive ketones (excluding diaryl/α,β-unsaturated/α-hetero) is 1. The van der Waals surface area contributed by atoms with Gasteiger partial charge in [0.05, 0.1) is 12.0 Å². The van der Waals surface area contributed by atoms with Crippen LogP contribution in [0.25, 0.3) is 0 Å². The van der Waals surface area contributed by atoms with Crippen molar-refractivity contribution in [1.82, 2.24) is 5.32 Å². The number of esters is 1. The molecule has 0 fully saturated rings. The number of benzene rings is 2. The quantitative estimate of drug-likeness (QED) is 0.743. The first-order valence-electron chi connectivity index (χ1n) is 9.24. The Bertz CT molecular complexity index is 849. The lowest BCUT2D eigenvalue weighted by Crippen LogP contribution is -2.43. The Morgan fingerprint density at radius 2 is 1.82 bits per heavy atom. The number of ketones is 1. The van der Waals surface area contributed by atoms with Crippen LogP contribution in [0.5, 0.6) is 5.75 Å². The van der Waals surface area contributed by atoms with Crippen LogP contribution in [0.1, 0.15) is 18.1 Å². The fourth-order valence-corrected chi connectivity index (χ4v) is 3.12. The lowest BCUT2D eigenvalue weighted by atomic mass is 9.97. The molecule has 0 spiro atoms. The molecule has 2 aromatic rings. The molecule has 6 heteroatoms. The maximum Gasteiger partial charge on any atom is 0.313 e. The summed E-state index contributed by atoms with van der Waals surface area (Å²) >= 11 is 0. The van der Waals surface area contributed by atoms with Gasteiger partial charge in [-0.05, 0) is 37.0 Å². The average molecular weight is 381 g/mol. The van der Waals surface area contributed by atoms with Gasteiger partial charge >= 0.3 is 5.97 Å². The average Bonchev–Trinajstić information content (AvgIpc) is 2.72. The molecular weight excluding hydrogens is 358 g/mol. The number of ether oxygens (including phenoxy) is 2. The van der Waals surface area contributed by atoms with Crippen LogP contribution in [0, 0.1) is 5.92 Å². The summed E-state index contributed by atoms with van der Waals surface area (Å²) in [6.07, 6.45) is 0.907. The predicted octanol–water partition coefficient (Wildman–Crippen LogP) is 2.10. The smallest absolute Gasteiger partial charge is 0.313 e. The monoisotopic (exact) mass is 381 g/mol. The van der Waals surface area contributed by atoms with Gasteiger partial charge in [0.25, 0.3) is 5.91 Å². The number of carbonyl (C=O) groups excluding carboxylic acids is 3. The van der Waals surface area contributed by atoms with Crippen molar-refractivity contribution < 1.29 is 23.9 Å². The number of carbonyl (C=O) groups is 3. The van der Waals surface area contributed by atoms with Crippen molar-refractivity contribution in [3.05, 3.63) is 65.7 Å². The number of hydrogen-bond acceptors (Lipinski definition) is 5. The van der Waals surface area contributed by atoms with Crippen LogP contribution in [-0.4, -0.2) is 36.9 Å². The number of nitrogens with one attached hydrogen (secondary N) is 1. The van der Waals surface area contributed by atoms with E-state index in [-0.39, 0.29) is 12.4 Å². The van der Waals surface area contributed by atoms with Gasteiger partial charge in [0.15, 0.2) is 12.4 Å². The van der Waals surface area contributed by atoms with E-state index in [2.05, 4.69) is 5.32 Å². The first kappa shape index (κ1) is 19.6. The summed E-state index contributed by atoms with van der Waals surface area (Å²) in [6.45, 7) is 1.23. The van der Waals surface area contributed by atoms with E-state index >= 15 is 0 Å². The third kappa shape index (κ3) is 5.19. The minimum atomic E-state index is -0.654. The lowest BCUT2D eigenvalue weighted by Gasteiger charge is -2.24. The van der Waals surface area contributed by atoms with Crippen molar-refractivity contribution in [1.29, 1.82) is 0 Å². The maximum atomic E-state index is 12.3. The van der Waals surface area contributed by atoms with E-state index in [1.807, 2.05) is 54.6 Å². The molecule has 6 nitrogen and oxygen atoms in total. The van der Waals surface area contributed by atoms with Crippen LogP contribution in [0.2, 0.25) is 0 Å². The SMILES string of the molecule is CC(=O)C(Cc1ccccc1)NC(=O)COC(=O)C1COc2ccccc2C1. The van der Waals surface area contributed by atoms with Gasteiger partial charge in [0.2, 0.25) is 0 Å². The van der Waals surface area contributed by atoms with Crippen LogP contribution in [0.4, 0.5) is 0 Å². The molecule has 1 amide bonds. The van der Waals surface area contributed by atoms with E-state index in [0.29, 0.717) is 12.8 Å². The summed E-state index contributed by atoms with van der Waals surface area (Å²) in [5, 5.41) is 2.64. The summed E-state index contributed by atoms with van der Waals surface area (Å²) in [4.78, 5) is 36.3. The molecule has 2 unspecified atom stereocenters.